The van der Waals surface area contributed by atoms with Gasteiger partial charge < -0.3 is 19.6 Å². The minimum Gasteiger partial charge on any atom is -0.837 e. The summed E-state index contributed by atoms with van der Waals surface area (Å²) in [6, 6.07) is 10.6. The number of anilines is 1. The van der Waals surface area contributed by atoms with E-state index < -0.39 is 11.6 Å². The van der Waals surface area contributed by atoms with Gasteiger partial charge in [0.05, 0.1) is 13.6 Å². The number of carbonyl (C=O) groups is 2. The Kier molecular flexibility index (Phi) is 7.05. The maximum Gasteiger partial charge on any atom is 0.300 e. The maximum atomic E-state index is 14.1. The highest BCUT2D eigenvalue weighted by atomic mass is 16.6. The van der Waals surface area contributed by atoms with Crippen LogP contribution in [0.2, 0.25) is 0 Å². The lowest BCUT2D eigenvalue weighted by Gasteiger charge is -2.46. The fraction of sp³-hybridized carbons (Fsp3) is 0.520. The van der Waals surface area contributed by atoms with Gasteiger partial charge in [0.25, 0.3) is 5.91 Å². The van der Waals surface area contributed by atoms with Crippen molar-refractivity contribution >= 4 is 17.7 Å². The van der Waals surface area contributed by atoms with Gasteiger partial charge in [-0.25, -0.2) is 9.97 Å². The first kappa shape index (κ1) is 23.3. The third kappa shape index (κ3) is 5.39. The van der Waals surface area contributed by atoms with Gasteiger partial charge in [-0.15, -0.1) is 0 Å². The molecule has 3 atom stereocenters. The zero-order chi connectivity index (χ0) is 23.3. The molecular weight excluding hydrogens is 420 g/mol. The number of aromatic nitrogens is 2. The van der Waals surface area contributed by atoms with Crippen molar-refractivity contribution in [1.82, 2.24) is 9.97 Å². The van der Waals surface area contributed by atoms with Crippen LogP contribution in [0.1, 0.15) is 44.1 Å². The summed E-state index contributed by atoms with van der Waals surface area (Å²) in [6.07, 6.45) is 7.50. The van der Waals surface area contributed by atoms with Crippen molar-refractivity contribution in [2.24, 2.45) is 5.92 Å². The van der Waals surface area contributed by atoms with Gasteiger partial charge in [-0.3, -0.25) is 9.59 Å². The second-order valence-electron chi connectivity index (χ2n) is 9.58. The molecule has 2 aliphatic rings. The molecule has 33 heavy (non-hydrogen) atoms. The van der Waals surface area contributed by atoms with E-state index in [-0.39, 0.29) is 24.5 Å². The molecule has 2 heterocycles. The zero-order valence-corrected chi connectivity index (χ0v) is 19.1. The molecule has 1 saturated carbocycles. The second-order valence-corrected chi connectivity index (χ2v) is 9.58. The van der Waals surface area contributed by atoms with Crippen molar-refractivity contribution in [2.45, 2.75) is 50.2 Å². The Morgan fingerprint density at radius 1 is 1.15 bits per heavy atom. The summed E-state index contributed by atoms with van der Waals surface area (Å²) in [5, 5.41) is 16.9. The van der Waals surface area contributed by atoms with Crippen LogP contribution in [0.3, 0.4) is 0 Å². The number of hydrogen-bond acceptors (Lipinski definition) is 6. The van der Waals surface area contributed by atoms with Crippen molar-refractivity contribution in [2.75, 3.05) is 32.0 Å². The number of hydrogen-bond donors (Lipinski definition) is 1. The zero-order valence-electron chi connectivity index (χ0n) is 19.1. The molecule has 1 aromatic carbocycles. The molecule has 1 aliphatic carbocycles. The topological polar surface area (TPSA) is 104 Å². The van der Waals surface area contributed by atoms with E-state index in [1.807, 2.05) is 13.1 Å². The quantitative estimate of drug-likeness (QED) is 0.509. The van der Waals surface area contributed by atoms with Crippen molar-refractivity contribution in [3.05, 3.63) is 54.5 Å². The van der Waals surface area contributed by atoms with Crippen LogP contribution in [0.4, 0.5) is 5.82 Å². The molecule has 1 aliphatic heterocycles. The fourth-order valence-electron chi connectivity index (χ4n) is 5.29. The SMILES string of the molecule is C[N@@+]1(CC(=O)Nc2ccncn2)CCCC(OC(=O)C([O-])(c2ccccc2)C2CCCC2)C1. The highest BCUT2D eigenvalue weighted by Gasteiger charge is 2.42. The van der Waals surface area contributed by atoms with Gasteiger partial charge in [-0.2, -0.15) is 0 Å². The van der Waals surface area contributed by atoms with E-state index in [2.05, 4.69) is 15.3 Å². The molecule has 1 aromatic heterocycles. The summed E-state index contributed by atoms with van der Waals surface area (Å²) >= 11 is 0. The number of piperidine rings is 1. The average molecular weight is 453 g/mol. The molecule has 2 unspecified atom stereocenters. The normalized spacial score (nSPS) is 25.2. The molecular formula is C25H32N4O4. The maximum absolute atomic E-state index is 14.1. The van der Waals surface area contributed by atoms with Crippen molar-refractivity contribution in [3.63, 3.8) is 0 Å². The fourth-order valence-corrected chi connectivity index (χ4v) is 5.29. The Bertz CT molecular complexity index is 951. The van der Waals surface area contributed by atoms with Crippen molar-refractivity contribution in [3.8, 4) is 0 Å². The molecule has 4 rings (SSSR count). The van der Waals surface area contributed by atoms with Crippen LogP contribution in [0, 0.1) is 5.92 Å². The molecule has 1 amide bonds. The van der Waals surface area contributed by atoms with Crippen molar-refractivity contribution in [1.29, 1.82) is 0 Å². The summed E-state index contributed by atoms with van der Waals surface area (Å²) in [5.41, 5.74) is -1.40. The molecule has 1 saturated heterocycles. The number of ether oxygens (including phenoxy) is 1. The number of likely N-dealkylation sites (tertiary alicyclic amines) is 1. The lowest BCUT2D eigenvalue weighted by molar-refractivity contribution is -0.909. The predicted molar refractivity (Wildman–Crippen MR) is 121 cm³/mol. The molecule has 0 radical (unpaired) electrons. The number of nitrogens with one attached hydrogen (secondary N) is 1. The summed E-state index contributed by atoms with van der Waals surface area (Å²) < 4.78 is 6.34. The molecule has 8 heteroatoms. The van der Waals surface area contributed by atoms with E-state index in [1.54, 1.807) is 36.5 Å². The van der Waals surface area contributed by atoms with E-state index in [0.29, 0.717) is 28.8 Å². The van der Waals surface area contributed by atoms with E-state index in [4.69, 9.17) is 4.74 Å². The first-order chi connectivity index (χ1) is 15.9. The molecule has 1 N–H and O–H groups in total. The first-order valence-electron chi connectivity index (χ1n) is 11.8. The Labute approximate surface area is 194 Å². The van der Waals surface area contributed by atoms with Gasteiger partial charge in [0, 0.05) is 18.2 Å². The number of nitrogens with zero attached hydrogens (tertiary/aromatic N) is 3. The average Bonchev–Trinajstić information content (AvgIpc) is 3.35. The molecule has 8 nitrogen and oxygen atoms in total. The van der Waals surface area contributed by atoms with Gasteiger partial charge in [0.15, 0.2) is 12.6 Å². The standard InChI is InChI=1S/C25H32N4O4/c1-29(17-23(30)28-22-13-14-26-18-27-22)15-7-12-21(16-29)33-24(31)25(32,20-10-5-6-11-20)19-8-3-2-4-9-19/h2-4,8-9,13-14,18,20-21H,5-7,10-12,15-17H2,1H3,(H,26,27,28,30)/t21?,25?,29-/m1/s1. The summed E-state index contributed by atoms with van der Waals surface area (Å²) in [6.45, 7) is 1.54. The minimum absolute atomic E-state index is 0.156. The van der Waals surface area contributed by atoms with Gasteiger partial charge in [-0.05, 0) is 24.0 Å². The molecule has 176 valence electrons. The van der Waals surface area contributed by atoms with Gasteiger partial charge in [-0.1, -0.05) is 56.0 Å². The van der Waals surface area contributed by atoms with E-state index in [9.17, 15) is 14.7 Å². The van der Waals surface area contributed by atoms with E-state index in [1.165, 1.54) is 6.33 Å². The highest BCUT2D eigenvalue weighted by Crippen LogP contribution is 2.40. The van der Waals surface area contributed by atoms with E-state index in [0.717, 1.165) is 38.6 Å². The summed E-state index contributed by atoms with van der Waals surface area (Å²) in [7, 11) is 1.98. The molecule has 2 fully saturated rings. The number of amides is 1. The van der Waals surface area contributed by atoms with Crippen LogP contribution in [0.5, 0.6) is 0 Å². The van der Waals surface area contributed by atoms with Gasteiger partial charge >= 0.3 is 5.97 Å². The van der Waals surface area contributed by atoms with Crippen LogP contribution in [-0.2, 0) is 19.9 Å². The minimum atomic E-state index is -1.89. The highest BCUT2D eigenvalue weighted by molar-refractivity contribution is 5.90. The smallest absolute Gasteiger partial charge is 0.300 e. The molecule has 2 aromatic rings. The number of rotatable bonds is 7. The number of benzene rings is 1. The van der Waals surface area contributed by atoms with Crippen molar-refractivity contribution < 1.29 is 23.9 Å². The first-order valence-corrected chi connectivity index (χ1v) is 11.8. The largest absolute Gasteiger partial charge is 0.837 e. The molecule has 0 spiro atoms. The second kappa shape index (κ2) is 9.97. The number of esters is 1. The lowest BCUT2D eigenvalue weighted by Crippen LogP contribution is -2.59. The van der Waals surface area contributed by atoms with Crippen LogP contribution in [0.25, 0.3) is 0 Å². The van der Waals surface area contributed by atoms with Gasteiger partial charge in [0.2, 0.25) is 0 Å². The van der Waals surface area contributed by atoms with Crippen LogP contribution in [-0.4, -0.2) is 59.1 Å². The number of quaternary nitrogens is 1. The molecule has 0 bridgehead atoms. The third-order valence-corrected chi connectivity index (χ3v) is 6.95. The Balaban J connectivity index is 1.43. The van der Waals surface area contributed by atoms with Crippen LogP contribution >= 0.6 is 0 Å². The third-order valence-electron chi connectivity index (χ3n) is 6.95. The van der Waals surface area contributed by atoms with E-state index >= 15 is 0 Å². The summed E-state index contributed by atoms with van der Waals surface area (Å²) in [4.78, 5) is 33.8. The monoisotopic (exact) mass is 452 g/mol. The summed E-state index contributed by atoms with van der Waals surface area (Å²) in [5.74, 6) is -0.631. The number of likely N-dealkylation sites (N-methyl/N-ethyl adjacent to an activating group) is 1. The van der Waals surface area contributed by atoms with Crippen LogP contribution in [0.15, 0.2) is 48.9 Å². The van der Waals surface area contributed by atoms with Crippen LogP contribution < -0.4 is 10.4 Å². The lowest BCUT2D eigenvalue weighted by atomic mass is 9.80. The Morgan fingerprint density at radius 2 is 1.91 bits per heavy atom. The predicted octanol–water partition coefficient (Wildman–Crippen LogP) is 2.01. The Morgan fingerprint density at radius 3 is 2.61 bits per heavy atom. The number of carbonyl (C=O) groups excluding carboxylic acids is 2. The van der Waals surface area contributed by atoms with Gasteiger partial charge in [0.1, 0.15) is 18.7 Å². The Hall–Kier alpha value is -2.84.